The smallest absolute Gasteiger partial charge is 0.0531 e. The van der Waals surface area contributed by atoms with Crippen molar-refractivity contribution in [2.45, 2.75) is 32.4 Å². The Kier molecular flexibility index (Phi) is 4.42. The van der Waals surface area contributed by atoms with E-state index in [0.29, 0.717) is 0 Å². The molecular formula is C11H16BrNO. The molecule has 2 N–H and O–H groups in total. The Morgan fingerprint density at radius 3 is 2.57 bits per heavy atom. The van der Waals surface area contributed by atoms with E-state index in [0.717, 1.165) is 16.6 Å². The Hall–Kier alpha value is -0.540. The molecule has 2 atom stereocenters. The quantitative estimate of drug-likeness (QED) is 0.870. The number of aliphatic hydroxyl groups is 1. The van der Waals surface area contributed by atoms with Gasteiger partial charge < -0.3 is 10.4 Å². The van der Waals surface area contributed by atoms with Crippen molar-refractivity contribution in [3.8, 4) is 0 Å². The topological polar surface area (TPSA) is 32.3 Å². The molecule has 0 amide bonds. The van der Waals surface area contributed by atoms with Gasteiger partial charge in [-0.15, -0.1) is 0 Å². The third kappa shape index (κ3) is 3.68. The average molecular weight is 258 g/mol. The maximum atomic E-state index is 9.22. The van der Waals surface area contributed by atoms with Crippen LogP contribution in [-0.2, 0) is 0 Å². The number of benzene rings is 1. The summed E-state index contributed by atoms with van der Waals surface area (Å²) in [7, 11) is 0. The van der Waals surface area contributed by atoms with Crippen molar-refractivity contribution in [3.63, 3.8) is 0 Å². The monoisotopic (exact) mass is 257 g/mol. The normalized spacial score (nSPS) is 14.9. The first-order valence-corrected chi connectivity index (χ1v) is 5.58. The molecule has 0 heterocycles. The summed E-state index contributed by atoms with van der Waals surface area (Å²) in [5.41, 5.74) is 1.07. The van der Waals surface area contributed by atoms with Crippen molar-refractivity contribution in [3.05, 3.63) is 28.7 Å². The van der Waals surface area contributed by atoms with E-state index in [2.05, 4.69) is 28.2 Å². The zero-order valence-corrected chi connectivity index (χ0v) is 10.1. The van der Waals surface area contributed by atoms with Crippen LogP contribution < -0.4 is 5.32 Å². The molecule has 0 aliphatic carbocycles. The zero-order chi connectivity index (χ0) is 10.6. The molecule has 0 saturated carbocycles. The first-order chi connectivity index (χ1) is 6.59. The molecule has 3 heteroatoms. The Morgan fingerprint density at radius 2 is 2.00 bits per heavy atom. The Bertz CT molecular complexity index is 288. The van der Waals surface area contributed by atoms with Gasteiger partial charge in [0.15, 0.2) is 0 Å². The number of halogens is 1. The summed E-state index contributed by atoms with van der Waals surface area (Å²) in [4.78, 5) is 0. The molecule has 0 fully saturated rings. The van der Waals surface area contributed by atoms with Gasteiger partial charge in [0.25, 0.3) is 0 Å². The summed E-state index contributed by atoms with van der Waals surface area (Å²) in [6.07, 6.45) is 0.487. The molecule has 0 aliphatic heterocycles. The van der Waals surface area contributed by atoms with E-state index >= 15 is 0 Å². The van der Waals surface area contributed by atoms with Crippen LogP contribution in [0, 0.1) is 0 Å². The third-order valence-electron chi connectivity index (χ3n) is 1.97. The summed E-state index contributed by atoms with van der Waals surface area (Å²) in [6.45, 7) is 3.87. The highest BCUT2D eigenvalue weighted by molar-refractivity contribution is 9.10. The van der Waals surface area contributed by atoms with Crippen LogP contribution in [0.3, 0.4) is 0 Å². The van der Waals surface area contributed by atoms with E-state index in [9.17, 15) is 5.11 Å². The molecule has 0 saturated heterocycles. The van der Waals surface area contributed by atoms with Crippen molar-refractivity contribution in [1.82, 2.24) is 0 Å². The van der Waals surface area contributed by atoms with Crippen LogP contribution in [-0.4, -0.2) is 17.3 Å². The van der Waals surface area contributed by atoms with Gasteiger partial charge in [0.2, 0.25) is 0 Å². The first kappa shape index (κ1) is 11.5. The lowest BCUT2D eigenvalue weighted by Crippen LogP contribution is -2.20. The van der Waals surface area contributed by atoms with E-state index in [-0.39, 0.29) is 12.1 Å². The largest absolute Gasteiger partial charge is 0.393 e. The molecule has 2 nitrogen and oxygen atoms in total. The fourth-order valence-electron chi connectivity index (χ4n) is 1.41. The van der Waals surface area contributed by atoms with Crippen LogP contribution in [0.1, 0.15) is 20.3 Å². The van der Waals surface area contributed by atoms with Crippen LogP contribution in [0.5, 0.6) is 0 Å². The van der Waals surface area contributed by atoms with Gasteiger partial charge in [-0.3, -0.25) is 0 Å². The minimum Gasteiger partial charge on any atom is -0.393 e. The molecular weight excluding hydrogens is 242 g/mol. The number of aliphatic hydroxyl groups excluding tert-OH is 1. The predicted molar refractivity (Wildman–Crippen MR) is 63.5 cm³/mol. The minimum absolute atomic E-state index is 0.264. The number of rotatable bonds is 4. The van der Waals surface area contributed by atoms with Crippen molar-refractivity contribution in [2.24, 2.45) is 0 Å². The molecule has 0 radical (unpaired) electrons. The Labute approximate surface area is 93.5 Å². The van der Waals surface area contributed by atoms with Gasteiger partial charge in [0.1, 0.15) is 0 Å². The van der Waals surface area contributed by atoms with Gasteiger partial charge in [-0.1, -0.05) is 12.1 Å². The van der Waals surface area contributed by atoms with Gasteiger partial charge in [0, 0.05) is 16.2 Å². The van der Waals surface area contributed by atoms with Crippen LogP contribution in [0.4, 0.5) is 5.69 Å². The highest BCUT2D eigenvalue weighted by Gasteiger charge is 2.06. The molecule has 0 bridgehead atoms. The summed E-state index contributed by atoms with van der Waals surface area (Å²) in [5.74, 6) is 0. The summed E-state index contributed by atoms with van der Waals surface area (Å²) < 4.78 is 1.05. The van der Waals surface area contributed by atoms with E-state index in [1.54, 1.807) is 6.92 Å². The van der Waals surface area contributed by atoms with E-state index < -0.39 is 0 Å². The SMILES string of the molecule is CC(O)CC(C)Nc1ccccc1Br. The summed E-state index contributed by atoms with van der Waals surface area (Å²) in [6, 6.07) is 8.25. The lowest BCUT2D eigenvalue weighted by atomic mass is 10.1. The van der Waals surface area contributed by atoms with Crippen molar-refractivity contribution in [2.75, 3.05) is 5.32 Å². The number of nitrogens with one attached hydrogen (secondary N) is 1. The predicted octanol–water partition coefficient (Wildman–Crippen LogP) is 3.02. The van der Waals surface area contributed by atoms with Crippen molar-refractivity contribution >= 4 is 21.6 Å². The second-order valence-electron chi connectivity index (χ2n) is 3.61. The van der Waals surface area contributed by atoms with E-state index in [1.165, 1.54) is 0 Å². The molecule has 0 spiro atoms. The summed E-state index contributed by atoms with van der Waals surface area (Å²) in [5, 5.41) is 12.6. The standard InChI is InChI=1S/C11H16BrNO/c1-8(7-9(2)14)13-11-6-4-3-5-10(11)12/h3-6,8-9,13-14H,7H2,1-2H3. The lowest BCUT2D eigenvalue weighted by Gasteiger charge is -2.17. The maximum Gasteiger partial charge on any atom is 0.0531 e. The Balaban J connectivity index is 2.56. The van der Waals surface area contributed by atoms with Crippen LogP contribution in [0.15, 0.2) is 28.7 Å². The average Bonchev–Trinajstić information content (AvgIpc) is 2.07. The maximum absolute atomic E-state index is 9.22. The minimum atomic E-state index is -0.264. The zero-order valence-electron chi connectivity index (χ0n) is 8.50. The first-order valence-electron chi connectivity index (χ1n) is 4.78. The molecule has 1 aromatic carbocycles. The van der Waals surface area contributed by atoms with Crippen molar-refractivity contribution in [1.29, 1.82) is 0 Å². The Morgan fingerprint density at radius 1 is 1.36 bits per heavy atom. The highest BCUT2D eigenvalue weighted by Crippen LogP contribution is 2.22. The van der Waals surface area contributed by atoms with Crippen LogP contribution in [0.2, 0.25) is 0 Å². The molecule has 2 unspecified atom stereocenters. The van der Waals surface area contributed by atoms with Gasteiger partial charge in [0.05, 0.1) is 6.10 Å². The molecule has 1 aromatic rings. The van der Waals surface area contributed by atoms with Gasteiger partial charge >= 0.3 is 0 Å². The number of hydrogen-bond donors (Lipinski definition) is 2. The van der Waals surface area contributed by atoms with Crippen LogP contribution in [0.25, 0.3) is 0 Å². The molecule has 0 aliphatic rings. The molecule has 78 valence electrons. The lowest BCUT2D eigenvalue weighted by molar-refractivity contribution is 0.179. The molecule has 0 aromatic heterocycles. The van der Waals surface area contributed by atoms with Crippen molar-refractivity contribution < 1.29 is 5.11 Å². The van der Waals surface area contributed by atoms with Crippen LogP contribution >= 0.6 is 15.9 Å². The number of para-hydroxylation sites is 1. The number of hydrogen-bond acceptors (Lipinski definition) is 2. The van der Waals surface area contributed by atoms with Gasteiger partial charge in [-0.2, -0.15) is 0 Å². The van der Waals surface area contributed by atoms with E-state index in [4.69, 9.17) is 0 Å². The van der Waals surface area contributed by atoms with Gasteiger partial charge in [-0.25, -0.2) is 0 Å². The van der Waals surface area contributed by atoms with Gasteiger partial charge in [-0.05, 0) is 48.3 Å². The fourth-order valence-corrected chi connectivity index (χ4v) is 1.81. The third-order valence-corrected chi connectivity index (χ3v) is 2.66. The second-order valence-corrected chi connectivity index (χ2v) is 4.46. The molecule has 1 rings (SSSR count). The summed E-state index contributed by atoms with van der Waals surface area (Å²) >= 11 is 3.47. The second kappa shape index (κ2) is 5.37. The fraction of sp³-hybridized carbons (Fsp3) is 0.455. The number of anilines is 1. The molecule has 14 heavy (non-hydrogen) atoms. The highest BCUT2D eigenvalue weighted by atomic mass is 79.9. The van der Waals surface area contributed by atoms with E-state index in [1.807, 2.05) is 24.3 Å².